The zero-order valence-corrected chi connectivity index (χ0v) is 9.60. The molecule has 2 unspecified atom stereocenters. The van der Waals surface area contributed by atoms with E-state index < -0.39 is 0 Å². The first-order valence-electron chi connectivity index (χ1n) is 6.62. The zero-order chi connectivity index (χ0) is 9.80. The molecular weight excluding hydrogens is 170 g/mol. The molecule has 2 rings (SSSR count). The first kappa shape index (κ1) is 10.5. The molecule has 1 nitrogen and oxygen atoms in total. The molecule has 0 aromatic carbocycles. The molecule has 1 aliphatic heterocycles. The fourth-order valence-corrected chi connectivity index (χ4v) is 3.39. The first-order valence-corrected chi connectivity index (χ1v) is 6.62. The van der Waals surface area contributed by atoms with E-state index in [2.05, 4.69) is 12.2 Å². The van der Waals surface area contributed by atoms with Crippen LogP contribution in [0.5, 0.6) is 0 Å². The summed E-state index contributed by atoms with van der Waals surface area (Å²) in [5.41, 5.74) is 0. The smallest absolute Gasteiger partial charge is 0.00462 e. The van der Waals surface area contributed by atoms with Gasteiger partial charge < -0.3 is 5.32 Å². The Morgan fingerprint density at radius 1 is 1.00 bits per heavy atom. The fourth-order valence-electron chi connectivity index (χ4n) is 3.39. The highest BCUT2D eigenvalue weighted by molar-refractivity contribution is 4.83. The number of rotatable bonds is 3. The molecule has 0 spiro atoms. The highest BCUT2D eigenvalue weighted by atomic mass is 14.8. The fraction of sp³-hybridized carbons (Fsp3) is 1.00. The third-order valence-electron chi connectivity index (χ3n) is 4.45. The maximum Gasteiger partial charge on any atom is -0.00462 e. The molecule has 1 N–H and O–H groups in total. The van der Waals surface area contributed by atoms with Crippen molar-refractivity contribution in [2.45, 2.75) is 51.9 Å². The van der Waals surface area contributed by atoms with Crippen LogP contribution >= 0.6 is 0 Å². The number of hydrogen-bond donors (Lipinski definition) is 1. The Kier molecular flexibility index (Phi) is 3.86. The summed E-state index contributed by atoms with van der Waals surface area (Å²) in [4.78, 5) is 0. The van der Waals surface area contributed by atoms with Crippen molar-refractivity contribution < 1.29 is 0 Å². The molecule has 0 bridgehead atoms. The summed E-state index contributed by atoms with van der Waals surface area (Å²) in [5, 5.41) is 3.53. The molecule has 2 atom stereocenters. The van der Waals surface area contributed by atoms with Crippen molar-refractivity contribution in [2.24, 2.45) is 17.8 Å². The molecule has 2 fully saturated rings. The Labute approximate surface area is 88.7 Å². The van der Waals surface area contributed by atoms with Crippen LogP contribution in [0.4, 0.5) is 0 Å². The third-order valence-corrected chi connectivity index (χ3v) is 4.45. The largest absolute Gasteiger partial charge is 0.317 e. The highest BCUT2D eigenvalue weighted by Gasteiger charge is 2.31. The van der Waals surface area contributed by atoms with E-state index in [0.29, 0.717) is 0 Å². The highest BCUT2D eigenvalue weighted by Crippen LogP contribution is 2.41. The van der Waals surface area contributed by atoms with Gasteiger partial charge in [-0.25, -0.2) is 0 Å². The molecule has 2 aliphatic rings. The molecule has 0 amide bonds. The lowest BCUT2D eigenvalue weighted by atomic mass is 9.68. The SMILES string of the molecule is CCC(C1CCC1)C1CCCNCC1. The van der Waals surface area contributed by atoms with Crippen molar-refractivity contribution in [3.05, 3.63) is 0 Å². The van der Waals surface area contributed by atoms with Gasteiger partial charge in [0.2, 0.25) is 0 Å². The summed E-state index contributed by atoms with van der Waals surface area (Å²) in [6, 6.07) is 0. The Bertz CT molecular complexity index is 155. The average molecular weight is 195 g/mol. The van der Waals surface area contributed by atoms with Crippen LogP contribution < -0.4 is 5.32 Å². The average Bonchev–Trinajstić information content (AvgIpc) is 2.38. The van der Waals surface area contributed by atoms with E-state index in [1.165, 1.54) is 58.0 Å². The van der Waals surface area contributed by atoms with Gasteiger partial charge in [-0.05, 0) is 50.1 Å². The van der Waals surface area contributed by atoms with Crippen LogP contribution in [0.25, 0.3) is 0 Å². The van der Waals surface area contributed by atoms with Gasteiger partial charge in [0.25, 0.3) is 0 Å². The van der Waals surface area contributed by atoms with Gasteiger partial charge >= 0.3 is 0 Å². The summed E-state index contributed by atoms with van der Waals surface area (Å²) >= 11 is 0. The molecule has 82 valence electrons. The van der Waals surface area contributed by atoms with E-state index in [1.807, 2.05) is 0 Å². The Morgan fingerprint density at radius 2 is 1.71 bits per heavy atom. The van der Waals surface area contributed by atoms with Gasteiger partial charge in [0, 0.05) is 0 Å². The minimum atomic E-state index is 1.04. The molecule has 14 heavy (non-hydrogen) atoms. The Balaban J connectivity index is 1.87. The Morgan fingerprint density at radius 3 is 2.36 bits per heavy atom. The summed E-state index contributed by atoms with van der Waals surface area (Å²) in [5.74, 6) is 3.20. The molecule has 0 radical (unpaired) electrons. The van der Waals surface area contributed by atoms with Crippen LogP contribution in [-0.4, -0.2) is 13.1 Å². The molecule has 0 aromatic rings. The van der Waals surface area contributed by atoms with Crippen LogP contribution in [0.3, 0.4) is 0 Å². The van der Waals surface area contributed by atoms with Gasteiger partial charge in [0.15, 0.2) is 0 Å². The van der Waals surface area contributed by atoms with Gasteiger partial charge in [0.1, 0.15) is 0 Å². The van der Waals surface area contributed by atoms with Gasteiger partial charge in [-0.3, -0.25) is 0 Å². The van der Waals surface area contributed by atoms with Crippen LogP contribution in [0.1, 0.15) is 51.9 Å². The van der Waals surface area contributed by atoms with E-state index in [0.717, 1.165) is 17.8 Å². The second kappa shape index (κ2) is 5.16. The van der Waals surface area contributed by atoms with E-state index in [9.17, 15) is 0 Å². The number of hydrogen-bond acceptors (Lipinski definition) is 1. The van der Waals surface area contributed by atoms with Crippen molar-refractivity contribution >= 4 is 0 Å². The van der Waals surface area contributed by atoms with Crippen molar-refractivity contribution in [3.8, 4) is 0 Å². The molecule has 1 saturated heterocycles. The Hall–Kier alpha value is -0.0400. The normalized spacial score (nSPS) is 31.9. The molecule has 1 heteroatoms. The standard InChI is InChI=1S/C13H25N/c1-2-13(11-5-3-6-11)12-7-4-9-14-10-8-12/h11-14H,2-10H2,1H3. The lowest BCUT2D eigenvalue weighted by Crippen LogP contribution is -2.28. The van der Waals surface area contributed by atoms with Crippen molar-refractivity contribution in [2.75, 3.05) is 13.1 Å². The van der Waals surface area contributed by atoms with Crippen LogP contribution in [-0.2, 0) is 0 Å². The quantitative estimate of drug-likeness (QED) is 0.729. The van der Waals surface area contributed by atoms with E-state index in [-0.39, 0.29) is 0 Å². The van der Waals surface area contributed by atoms with Crippen molar-refractivity contribution in [1.82, 2.24) is 5.32 Å². The van der Waals surface area contributed by atoms with Gasteiger partial charge in [-0.2, -0.15) is 0 Å². The number of nitrogens with one attached hydrogen (secondary N) is 1. The minimum absolute atomic E-state index is 1.04. The van der Waals surface area contributed by atoms with Crippen molar-refractivity contribution in [3.63, 3.8) is 0 Å². The maximum atomic E-state index is 3.53. The summed E-state index contributed by atoms with van der Waals surface area (Å²) in [7, 11) is 0. The van der Waals surface area contributed by atoms with Gasteiger partial charge in [-0.1, -0.05) is 32.6 Å². The van der Waals surface area contributed by atoms with Crippen LogP contribution in [0.2, 0.25) is 0 Å². The van der Waals surface area contributed by atoms with E-state index >= 15 is 0 Å². The summed E-state index contributed by atoms with van der Waals surface area (Å²) in [6.45, 7) is 4.94. The van der Waals surface area contributed by atoms with Gasteiger partial charge in [-0.15, -0.1) is 0 Å². The maximum absolute atomic E-state index is 3.53. The summed E-state index contributed by atoms with van der Waals surface area (Å²) in [6.07, 6.45) is 10.3. The predicted octanol–water partition coefficient (Wildman–Crippen LogP) is 3.20. The van der Waals surface area contributed by atoms with Crippen LogP contribution in [0.15, 0.2) is 0 Å². The molecule has 0 aromatic heterocycles. The second-order valence-corrected chi connectivity index (χ2v) is 5.20. The van der Waals surface area contributed by atoms with Crippen molar-refractivity contribution in [1.29, 1.82) is 0 Å². The third kappa shape index (κ3) is 2.31. The molecular formula is C13H25N. The lowest BCUT2D eigenvalue weighted by Gasteiger charge is -2.38. The predicted molar refractivity (Wildman–Crippen MR) is 61.3 cm³/mol. The minimum Gasteiger partial charge on any atom is -0.317 e. The lowest BCUT2D eigenvalue weighted by molar-refractivity contribution is 0.130. The van der Waals surface area contributed by atoms with Crippen LogP contribution in [0, 0.1) is 17.8 Å². The first-order chi connectivity index (χ1) is 6.92. The zero-order valence-electron chi connectivity index (χ0n) is 9.60. The second-order valence-electron chi connectivity index (χ2n) is 5.20. The molecule has 1 saturated carbocycles. The summed E-state index contributed by atoms with van der Waals surface area (Å²) < 4.78 is 0. The monoisotopic (exact) mass is 195 g/mol. The molecule has 1 heterocycles. The van der Waals surface area contributed by atoms with Gasteiger partial charge in [0.05, 0.1) is 0 Å². The van der Waals surface area contributed by atoms with E-state index in [4.69, 9.17) is 0 Å². The molecule has 1 aliphatic carbocycles. The van der Waals surface area contributed by atoms with E-state index in [1.54, 1.807) is 0 Å². The topological polar surface area (TPSA) is 12.0 Å².